The summed E-state index contributed by atoms with van der Waals surface area (Å²) < 4.78 is 11.5. The first-order valence-corrected chi connectivity index (χ1v) is 11.5. The standard InChI is InChI=1S/C25H40O5/c1-15(2)6-5-7-18(13-29-25-24(28)23(27)22(26)14-30-25)20-11-9-17(4)19-10-8-16(3)12-21(19)20/h6,12,18-28H,4-5,7-11,13-14H2,1-3H3/t18-,19-,20+,21-,22+,23-,24-,25-/m1/s1. The average Bonchev–Trinajstić information content (AvgIpc) is 2.70. The zero-order valence-electron chi connectivity index (χ0n) is 18.8. The number of hydrogen-bond acceptors (Lipinski definition) is 5. The van der Waals surface area contributed by atoms with Crippen LogP contribution >= 0.6 is 0 Å². The second-order valence-electron chi connectivity index (χ2n) is 9.80. The van der Waals surface area contributed by atoms with Crippen molar-refractivity contribution in [2.75, 3.05) is 13.2 Å². The molecule has 30 heavy (non-hydrogen) atoms. The van der Waals surface area contributed by atoms with Crippen LogP contribution in [0.25, 0.3) is 0 Å². The summed E-state index contributed by atoms with van der Waals surface area (Å²) in [6, 6.07) is 0. The van der Waals surface area contributed by atoms with Crippen molar-refractivity contribution in [3.8, 4) is 0 Å². The molecule has 0 aromatic heterocycles. The second-order valence-corrected chi connectivity index (χ2v) is 9.80. The molecule has 5 nitrogen and oxygen atoms in total. The SMILES string of the molecule is C=C1CC[C@@H]([C@H](CCC=C(C)C)CO[C@@H]2OC[C@H](O)[C@@H](O)[C@H]2O)[C@@H]2C=C(C)CC[C@H]12. The lowest BCUT2D eigenvalue weighted by Gasteiger charge is -2.45. The van der Waals surface area contributed by atoms with Crippen LogP contribution in [-0.2, 0) is 9.47 Å². The maximum Gasteiger partial charge on any atom is 0.186 e. The minimum atomic E-state index is -1.24. The Morgan fingerprint density at radius 2 is 2.00 bits per heavy atom. The molecule has 170 valence electrons. The molecule has 0 aromatic carbocycles. The molecular weight excluding hydrogens is 380 g/mol. The van der Waals surface area contributed by atoms with Crippen molar-refractivity contribution in [1.82, 2.24) is 0 Å². The van der Waals surface area contributed by atoms with E-state index in [2.05, 4.69) is 39.5 Å². The van der Waals surface area contributed by atoms with E-state index in [9.17, 15) is 15.3 Å². The van der Waals surface area contributed by atoms with Gasteiger partial charge in [-0.15, -0.1) is 0 Å². The summed E-state index contributed by atoms with van der Waals surface area (Å²) in [5.74, 6) is 1.91. The maximum atomic E-state index is 10.2. The topological polar surface area (TPSA) is 79.2 Å². The van der Waals surface area contributed by atoms with Gasteiger partial charge in [-0.05, 0) is 83.0 Å². The van der Waals surface area contributed by atoms with Gasteiger partial charge in [0.15, 0.2) is 6.29 Å². The summed E-state index contributed by atoms with van der Waals surface area (Å²) >= 11 is 0. The molecule has 5 heteroatoms. The summed E-state index contributed by atoms with van der Waals surface area (Å²) in [4.78, 5) is 0. The first-order valence-electron chi connectivity index (χ1n) is 11.5. The average molecular weight is 421 g/mol. The van der Waals surface area contributed by atoms with Gasteiger partial charge in [-0.1, -0.05) is 35.5 Å². The lowest BCUT2D eigenvalue weighted by Crippen LogP contribution is -2.54. The van der Waals surface area contributed by atoms with Crippen LogP contribution in [0.4, 0.5) is 0 Å². The number of fused-ring (bicyclic) bond motifs is 1. The van der Waals surface area contributed by atoms with Crippen LogP contribution in [0.2, 0.25) is 0 Å². The van der Waals surface area contributed by atoms with Crippen molar-refractivity contribution >= 4 is 0 Å². The molecular formula is C25H40O5. The van der Waals surface area contributed by atoms with Crippen molar-refractivity contribution in [3.05, 3.63) is 35.5 Å². The summed E-state index contributed by atoms with van der Waals surface area (Å²) in [6.45, 7) is 11.3. The monoisotopic (exact) mass is 420 g/mol. The molecule has 0 radical (unpaired) electrons. The van der Waals surface area contributed by atoms with Crippen LogP contribution in [0.15, 0.2) is 35.5 Å². The van der Waals surface area contributed by atoms with Crippen LogP contribution in [-0.4, -0.2) is 53.1 Å². The maximum absolute atomic E-state index is 10.2. The van der Waals surface area contributed by atoms with E-state index in [0.29, 0.717) is 30.3 Å². The van der Waals surface area contributed by atoms with Crippen LogP contribution < -0.4 is 0 Å². The van der Waals surface area contributed by atoms with Gasteiger partial charge in [0.05, 0.1) is 13.2 Å². The Balaban J connectivity index is 1.72. The third kappa shape index (κ3) is 5.63. The van der Waals surface area contributed by atoms with Crippen LogP contribution in [0.3, 0.4) is 0 Å². The molecule has 3 N–H and O–H groups in total. The molecule has 2 aliphatic carbocycles. The highest BCUT2D eigenvalue weighted by molar-refractivity contribution is 5.19. The van der Waals surface area contributed by atoms with Gasteiger partial charge in [0, 0.05) is 0 Å². The predicted octanol–water partition coefficient (Wildman–Crippen LogP) is 3.74. The molecule has 1 aliphatic heterocycles. The van der Waals surface area contributed by atoms with E-state index in [1.807, 2.05) is 0 Å². The van der Waals surface area contributed by atoms with Crippen molar-refractivity contribution in [1.29, 1.82) is 0 Å². The van der Waals surface area contributed by atoms with Crippen molar-refractivity contribution < 1.29 is 24.8 Å². The summed E-state index contributed by atoms with van der Waals surface area (Å²) in [5, 5.41) is 29.9. The molecule has 1 saturated heterocycles. The van der Waals surface area contributed by atoms with Gasteiger partial charge >= 0.3 is 0 Å². The van der Waals surface area contributed by atoms with E-state index in [0.717, 1.165) is 32.1 Å². The first kappa shape index (κ1) is 23.7. The van der Waals surface area contributed by atoms with Gasteiger partial charge in [0.1, 0.15) is 18.3 Å². The van der Waals surface area contributed by atoms with Crippen molar-refractivity contribution in [2.45, 2.75) is 83.9 Å². The van der Waals surface area contributed by atoms with E-state index in [4.69, 9.17) is 9.47 Å². The molecule has 0 bridgehead atoms. The molecule has 3 aliphatic rings. The fourth-order valence-corrected chi connectivity index (χ4v) is 5.43. The largest absolute Gasteiger partial charge is 0.388 e. The van der Waals surface area contributed by atoms with Gasteiger partial charge in [-0.2, -0.15) is 0 Å². The highest BCUT2D eigenvalue weighted by atomic mass is 16.7. The Morgan fingerprint density at radius 1 is 1.23 bits per heavy atom. The number of aliphatic hydroxyl groups excluding tert-OH is 3. The number of rotatable bonds is 7. The summed E-state index contributed by atoms with van der Waals surface area (Å²) in [5.41, 5.74) is 4.19. The third-order valence-electron chi connectivity index (χ3n) is 7.23. The van der Waals surface area contributed by atoms with Crippen LogP contribution in [0.1, 0.15) is 59.3 Å². The highest BCUT2D eigenvalue weighted by Crippen LogP contribution is 2.48. The molecule has 0 spiro atoms. The number of aliphatic hydroxyl groups is 3. The first-order chi connectivity index (χ1) is 14.3. The van der Waals surface area contributed by atoms with Gasteiger partial charge in [0.25, 0.3) is 0 Å². The molecule has 3 rings (SSSR count). The van der Waals surface area contributed by atoms with Crippen molar-refractivity contribution in [2.24, 2.45) is 23.7 Å². The minimum Gasteiger partial charge on any atom is -0.388 e. The molecule has 8 atom stereocenters. The Kier molecular flexibility index (Phi) is 8.33. The third-order valence-corrected chi connectivity index (χ3v) is 7.23. The fraction of sp³-hybridized carbons (Fsp3) is 0.760. The minimum absolute atomic E-state index is 0.0266. The molecule has 0 aromatic rings. The zero-order chi connectivity index (χ0) is 21.8. The Morgan fingerprint density at radius 3 is 2.73 bits per heavy atom. The molecule has 2 fully saturated rings. The Labute approximate surface area is 181 Å². The lowest BCUT2D eigenvalue weighted by molar-refractivity contribution is -0.274. The molecule has 1 heterocycles. The fourth-order valence-electron chi connectivity index (χ4n) is 5.43. The van der Waals surface area contributed by atoms with E-state index < -0.39 is 24.6 Å². The van der Waals surface area contributed by atoms with E-state index in [1.54, 1.807) is 0 Å². The Hall–Kier alpha value is -0.980. The summed E-state index contributed by atoms with van der Waals surface area (Å²) in [7, 11) is 0. The zero-order valence-corrected chi connectivity index (χ0v) is 18.8. The Bertz CT molecular complexity index is 650. The van der Waals surface area contributed by atoms with Gasteiger partial charge in [-0.25, -0.2) is 0 Å². The van der Waals surface area contributed by atoms with Gasteiger partial charge < -0.3 is 24.8 Å². The van der Waals surface area contributed by atoms with Crippen molar-refractivity contribution in [3.63, 3.8) is 0 Å². The molecule has 0 amide bonds. The number of hydrogen-bond donors (Lipinski definition) is 3. The predicted molar refractivity (Wildman–Crippen MR) is 118 cm³/mol. The van der Waals surface area contributed by atoms with Crippen LogP contribution in [0.5, 0.6) is 0 Å². The number of allylic oxidation sites excluding steroid dienone is 5. The van der Waals surface area contributed by atoms with Gasteiger partial charge in [0.2, 0.25) is 0 Å². The van der Waals surface area contributed by atoms with Crippen LogP contribution in [0, 0.1) is 23.7 Å². The lowest BCUT2D eigenvalue weighted by atomic mass is 9.61. The van der Waals surface area contributed by atoms with E-state index in [-0.39, 0.29) is 6.61 Å². The highest BCUT2D eigenvalue weighted by Gasteiger charge is 2.41. The van der Waals surface area contributed by atoms with E-state index in [1.165, 1.54) is 23.1 Å². The smallest absolute Gasteiger partial charge is 0.186 e. The number of ether oxygens (including phenoxy) is 2. The quantitative estimate of drug-likeness (QED) is 0.547. The van der Waals surface area contributed by atoms with E-state index >= 15 is 0 Å². The summed E-state index contributed by atoms with van der Waals surface area (Å²) in [6.07, 6.45) is 6.88. The normalized spacial score (nSPS) is 37.9. The molecule has 0 unspecified atom stereocenters. The van der Waals surface area contributed by atoms with Gasteiger partial charge in [-0.3, -0.25) is 0 Å². The second kappa shape index (κ2) is 10.6. The molecule has 1 saturated carbocycles.